The summed E-state index contributed by atoms with van der Waals surface area (Å²) in [5.41, 5.74) is 1.03. The average Bonchev–Trinajstić information content (AvgIpc) is 2.69. The van der Waals surface area contributed by atoms with Gasteiger partial charge >= 0.3 is 0 Å². The summed E-state index contributed by atoms with van der Waals surface area (Å²) in [7, 11) is 0. The molecule has 2 rings (SSSR count). The van der Waals surface area contributed by atoms with Gasteiger partial charge in [-0.2, -0.15) is 0 Å². The molecule has 0 saturated carbocycles. The van der Waals surface area contributed by atoms with Gasteiger partial charge in [0.05, 0.1) is 24.0 Å². The number of nitrogens with one attached hydrogen (secondary N) is 1. The fourth-order valence-electron chi connectivity index (χ4n) is 3.18. The number of ether oxygens (including phenoxy) is 1. The molecule has 0 bridgehead atoms. The third-order valence-corrected chi connectivity index (χ3v) is 3.53. The summed E-state index contributed by atoms with van der Waals surface area (Å²) in [6.07, 6.45) is 1.79. The lowest BCUT2D eigenvalue weighted by molar-refractivity contribution is -0.182. The third-order valence-electron chi connectivity index (χ3n) is 3.53. The van der Waals surface area contributed by atoms with Crippen molar-refractivity contribution in [2.24, 2.45) is 0 Å². The highest BCUT2D eigenvalue weighted by molar-refractivity contribution is 5.17. The van der Waals surface area contributed by atoms with E-state index in [0.717, 1.165) is 38.5 Å². The SMILES string of the molecule is CCNCc1ccoc1CN1CC(C)(C)OC(C)(C)C1. The summed E-state index contributed by atoms with van der Waals surface area (Å²) in [5.74, 6) is 1.07. The van der Waals surface area contributed by atoms with Crippen LogP contribution in [-0.4, -0.2) is 35.7 Å². The van der Waals surface area contributed by atoms with Crippen LogP contribution in [-0.2, 0) is 17.8 Å². The quantitative estimate of drug-likeness (QED) is 0.900. The van der Waals surface area contributed by atoms with Gasteiger partial charge in [-0.3, -0.25) is 4.90 Å². The summed E-state index contributed by atoms with van der Waals surface area (Å²) >= 11 is 0. The van der Waals surface area contributed by atoms with Gasteiger partial charge in [0.15, 0.2) is 0 Å². The zero-order chi connectivity index (χ0) is 14.8. The van der Waals surface area contributed by atoms with Crippen molar-refractivity contribution in [3.63, 3.8) is 0 Å². The Bertz CT molecular complexity index is 421. The number of nitrogens with zero attached hydrogens (tertiary/aromatic N) is 1. The highest BCUT2D eigenvalue weighted by Crippen LogP contribution is 2.29. The van der Waals surface area contributed by atoms with Crippen LogP contribution in [0.15, 0.2) is 16.7 Å². The second kappa shape index (κ2) is 5.88. The first-order valence-corrected chi connectivity index (χ1v) is 7.50. The lowest BCUT2D eigenvalue weighted by atomic mass is 9.98. The molecule has 0 aromatic carbocycles. The van der Waals surface area contributed by atoms with E-state index in [0.29, 0.717) is 0 Å². The van der Waals surface area contributed by atoms with E-state index >= 15 is 0 Å². The summed E-state index contributed by atoms with van der Waals surface area (Å²) in [4.78, 5) is 2.43. The Labute approximate surface area is 122 Å². The number of morpholine rings is 1. The summed E-state index contributed by atoms with van der Waals surface area (Å²) in [5, 5.41) is 3.36. The Hall–Kier alpha value is -0.840. The average molecular weight is 280 g/mol. The van der Waals surface area contributed by atoms with E-state index in [1.165, 1.54) is 5.56 Å². The van der Waals surface area contributed by atoms with E-state index in [2.05, 4.69) is 50.9 Å². The van der Waals surface area contributed by atoms with E-state index in [4.69, 9.17) is 9.15 Å². The van der Waals surface area contributed by atoms with Gasteiger partial charge in [0.25, 0.3) is 0 Å². The van der Waals surface area contributed by atoms with Crippen LogP contribution in [0.3, 0.4) is 0 Å². The Morgan fingerprint density at radius 1 is 1.20 bits per heavy atom. The van der Waals surface area contributed by atoms with E-state index < -0.39 is 0 Å². The summed E-state index contributed by atoms with van der Waals surface area (Å²) < 4.78 is 11.8. The molecule has 1 aromatic rings. The topological polar surface area (TPSA) is 37.6 Å². The molecule has 1 fully saturated rings. The maximum atomic E-state index is 6.12. The van der Waals surface area contributed by atoms with Gasteiger partial charge < -0.3 is 14.5 Å². The molecule has 1 N–H and O–H groups in total. The third kappa shape index (κ3) is 4.08. The number of hydrogen-bond acceptors (Lipinski definition) is 4. The fraction of sp³-hybridized carbons (Fsp3) is 0.750. The second-order valence-corrected chi connectivity index (χ2v) is 6.92. The van der Waals surface area contributed by atoms with Gasteiger partial charge in [-0.05, 0) is 40.3 Å². The zero-order valence-electron chi connectivity index (χ0n) is 13.5. The van der Waals surface area contributed by atoms with Gasteiger partial charge in [0.1, 0.15) is 5.76 Å². The first-order valence-electron chi connectivity index (χ1n) is 7.50. The van der Waals surface area contributed by atoms with Crippen molar-refractivity contribution in [1.29, 1.82) is 0 Å². The molecule has 0 aliphatic carbocycles. The van der Waals surface area contributed by atoms with Crippen LogP contribution in [0.5, 0.6) is 0 Å². The van der Waals surface area contributed by atoms with Gasteiger partial charge in [0, 0.05) is 25.2 Å². The van der Waals surface area contributed by atoms with Gasteiger partial charge in [-0.15, -0.1) is 0 Å². The maximum Gasteiger partial charge on any atom is 0.122 e. The molecule has 0 spiro atoms. The van der Waals surface area contributed by atoms with Crippen LogP contribution in [0.1, 0.15) is 45.9 Å². The highest BCUT2D eigenvalue weighted by atomic mass is 16.5. The van der Waals surface area contributed by atoms with E-state index in [-0.39, 0.29) is 11.2 Å². The summed E-state index contributed by atoms with van der Waals surface area (Å²) in [6, 6.07) is 2.06. The molecular formula is C16H28N2O2. The Morgan fingerprint density at radius 3 is 2.45 bits per heavy atom. The van der Waals surface area contributed by atoms with Crippen molar-refractivity contribution in [2.45, 2.75) is 58.9 Å². The van der Waals surface area contributed by atoms with Crippen molar-refractivity contribution in [3.8, 4) is 0 Å². The number of furan rings is 1. The molecule has 20 heavy (non-hydrogen) atoms. The Kier molecular flexibility index (Phi) is 4.57. The van der Waals surface area contributed by atoms with Gasteiger partial charge in [0.2, 0.25) is 0 Å². The highest BCUT2D eigenvalue weighted by Gasteiger charge is 2.38. The molecule has 1 saturated heterocycles. The van der Waals surface area contributed by atoms with E-state index in [1.807, 2.05) is 0 Å². The van der Waals surface area contributed by atoms with Gasteiger partial charge in [-0.1, -0.05) is 6.92 Å². The van der Waals surface area contributed by atoms with Crippen molar-refractivity contribution in [1.82, 2.24) is 10.2 Å². The number of hydrogen-bond donors (Lipinski definition) is 1. The molecule has 0 radical (unpaired) electrons. The van der Waals surface area contributed by atoms with Crippen molar-refractivity contribution < 1.29 is 9.15 Å². The van der Waals surface area contributed by atoms with Crippen molar-refractivity contribution in [2.75, 3.05) is 19.6 Å². The largest absolute Gasteiger partial charge is 0.468 e. The lowest BCUT2D eigenvalue weighted by Crippen LogP contribution is -2.56. The standard InChI is InChI=1S/C16H28N2O2/c1-6-17-9-13-7-8-19-14(13)10-18-11-15(2,3)20-16(4,5)12-18/h7-8,17H,6,9-12H2,1-5H3. The molecule has 1 aliphatic heterocycles. The maximum absolute atomic E-state index is 6.12. The minimum absolute atomic E-state index is 0.115. The Balaban J connectivity index is 2.04. The molecular weight excluding hydrogens is 252 g/mol. The monoisotopic (exact) mass is 280 g/mol. The van der Waals surface area contributed by atoms with Gasteiger partial charge in [-0.25, -0.2) is 0 Å². The minimum Gasteiger partial charge on any atom is -0.468 e. The minimum atomic E-state index is -0.115. The number of rotatable bonds is 5. The molecule has 0 atom stereocenters. The first-order chi connectivity index (χ1) is 9.31. The molecule has 4 heteroatoms. The predicted octanol–water partition coefficient (Wildman–Crippen LogP) is 2.78. The zero-order valence-corrected chi connectivity index (χ0v) is 13.5. The predicted molar refractivity (Wildman–Crippen MR) is 80.6 cm³/mol. The molecule has 1 aliphatic rings. The molecule has 1 aromatic heterocycles. The fourth-order valence-corrected chi connectivity index (χ4v) is 3.18. The van der Waals surface area contributed by atoms with Crippen LogP contribution in [0.25, 0.3) is 0 Å². The van der Waals surface area contributed by atoms with Crippen LogP contribution in [0.4, 0.5) is 0 Å². The van der Waals surface area contributed by atoms with Crippen LogP contribution in [0.2, 0.25) is 0 Å². The van der Waals surface area contributed by atoms with E-state index in [9.17, 15) is 0 Å². The smallest absolute Gasteiger partial charge is 0.122 e. The normalized spacial score (nSPS) is 22.1. The van der Waals surface area contributed by atoms with Crippen molar-refractivity contribution >= 4 is 0 Å². The molecule has 2 heterocycles. The van der Waals surface area contributed by atoms with Crippen LogP contribution < -0.4 is 5.32 Å². The molecule has 114 valence electrons. The summed E-state index contributed by atoms with van der Waals surface area (Å²) in [6.45, 7) is 15.3. The molecule has 0 unspecified atom stereocenters. The molecule has 4 nitrogen and oxygen atoms in total. The van der Waals surface area contributed by atoms with Crippen LogP contribution >= 0.6 is 0 Å². The van der Waals surface area contributed by atoms with Crippen LogP contribution in [0, 0.1) is 0 Å². The lowest BCUT2D eigenvalue weighted by Gasteiger charge is -2.47. The van der Waals surface area contributed by atoms with Crippen molar-refractivity contribution in [3.05, 3.63) is 23.7 Å². The first kappa shape index (κ1) is 15.5. The molecule has 0 amide bonds. The Morgan fingerprint density at radius 2 is 1.85 bits per heavy atom. The van der Waals surface area contributed by atoms with E-state index in [1.54, 1.807) is 6.26 Å². The second-order valence-electron chi connectivity index (χ2n) is 6.92.